The van der Waals surface area contributed by atoms with Crippen LogP contribution in [0.3, 0.4) is 0 Å². The van der Waals surface area contributed by atoms with Gasteiger partial charge in [-0.15, -0.1) is 0 Å². The lowest BCUT2D eigenvalue weighted by molar-refractivity contribution is -0.0327. The molecule has 1 aromatic carbocycles. The molecule has 0 radical (unpaired) electrons. The predicted molar refractivity (Wildman–Crippen MR) is 73.7 cm³/mol. The number of hydrogen-bond acceptors (Lipinski definition) is 3. The maximum Gasteiger partial charge on any atom is 0.441 e. The number of carbonyl (C=O) groups excluding carboxylic acids is 1. The lowest BCUT2D eigenvalue weighted by Gasteiger charge is -2.11. The van der Waals surface area contributed by atoms with Crippen molar-refractivity contribution in [1.29, 1.82) is 0 Å². The lowest BCUT2D eigenvalue weighted by atomic mass is 10.1. The van der Waals surface area contributed by atoms with E-state index in [-0.39, 0.29) is 35.3 Å². The van der Waals surface area contributed by atoms with Gasteiger partial charge in [0.25, 0.3) is 0 Å². The molecule has 21 heavy (non-hydrogen) atoms. The molecule has 0 aromatic heterocycles. The molecule has 0 aliphatic rings. The fraction of sp³-hybridized carbons (Fsp3) is 0.333. The van der Waals surface area contributed by atoms with Gasteiger partial charge >= 0.3 is 17.5 Å². The molecule has 0 atom stereocenters. The Labute approximate surface area is 122 Å². The highest BCUT2D eigenvalue weighted by Gasteiger charge is 2.27. The van der Waals surface area contributed by atoms with Gasteiger partial charge in [0.15, 0.2) is 0 Å². The van der Waals surface area contributed by atoms with Crippen LogP contribution in [-0.4, -0.2) is 34.9 Å². The van der Waals surface area contributed by atoms with Gasteiger partial charge in [-0.25, -0.2) is 9.59 Å². The van der Waals surface area contributed by atoms with E-state index in [1.807, 2.05) is 0 Å². The highest BCUT2D eigenvalue weighted by Crippen LogP contribution is 2.29. The fourth-order valence-corrected chi connectivity index (χ4v) is 1.94. The van der Waals surface area contributed by atoms with Crippen LogP contribution in [0, 0.1) is 6.92 Å². The number of thioether (sulfide) groups is 1. The number of carbonyl (C=O) groups is 2. The first-order valence-electron chi connectivity index (χ1n) is 5.79. The van der Waals surface area contributed by atoms with E-state index in [1.165, 1.54) is 25.1 Å². The molecule has 0 saturated heterocycles. The first-order valence-corrected chi connectivity index (χ1v) is 6.77. The molecule has 1 rings (SSSR count). The topological polar surface area (TPSA) is 78.4 Å². The number of aromatic carboxylic acids is 1. The minimum atomic E-state index is -4.33. The van der Waals surface area contributed by atoms with E-state index in [2.05, 4.69) is 10.6 Å². The summed E-state index contributed by atoms with van der Waals surface area (Å²) in [5, 5.41) is 13.6. The second-order valence-electron chi connectivity index (χ2n) is 3.96. The zero-order chi connectivity index (χ0) is 16.0. The summed E-state index contributed by atoms with van der Waals surface area (Å²) in [6, 6.07) is 3.67. The third-order valence-corrected chi connectivity index (χ3v) is 3.20. The maximum atomic E-state index is 11.9. The van der Waals surface area contributed by atoms with Gasteiger partial charge in [-0.3, -0.25) is 0 Å². The molecular formula is C12H13F3N2O3S. The largest absolute Gasteiger partial charge is 0.478 e. The van der Waals surface area contributed by atoms with Gasteiger partial charge in [-0.05, 0) is 36.4 Å². The molecular weight excluding hydrogens is 309 g/mol. The number of urea groups is 1. The van der Waals surface area contributed by atoms with Gasteiger partial charge in [0.2, 0.25) is 0 Å². The van der Waals surface area contributed by atoms with Crippen molar-refractivity contribution in [3.63, 3.8) is 0 Å². The molecule has 0 unspecified atom stereocenters. The normalized spacial score (nSPS) is 11.0. The van der Waals surface area contributed by atoms with Crippen molar-refractivity contribution in [2.24, 2.45) is 0 Å². The number of rotatable bonds is 5. The third kappa shape index (κ3) is 5.94. The molecule has 0 bridgehead atoms. The lowest BCUT2D eigenvalue weighted by Crippen LogP contribution is -2.31. The van der Waals surface area contributed by atoms with Crippen LogP contribution in [-0.2, 0) is 0 Å². The van der Waals surface area contributed by atoms with Crippen molar-refractivity contribution in [2.75, 3.05) is 17.6 Å². The fourth-order valence-electron chi connectivity index (χ4n) is 1.50. The Hall–Kier alpha value is -1.90. The summed E-state index contributed by atoms with van der Waals surface area (Å²) in [7, 11) is 0. The van der Waals surface area contributed by atoms with Crippen molar-refractivity contribution >= 4 is 29.4 Å². The summed E-state index contributed by atoms with van der Waals surface area (Å²) < 4.78 is 35.6. The van der Waals surface area contributed by atoms with E-state index in [9.17, 15) is 22.8 Å². The Kier molecular flexibility index (Phi) is 5.89. The molecule has 0 saturated carbocycles. The SMILES string of the molecule is Cc1c(NC(=O)NCCSC(F)(F)F)cccc1C(=O)O. The van der Waals surface area contributed by atoms with Gasteiger partial charge in [-0.1, -0.05) is 6.07 Å². The number of nitrogens with one attached hydrogen (secondary N) is 2. The third-order valence-electron chi connectivity index (χ3n) is 2.47. The number of halogens is 3. The number of anilines is 1. The zero-order valence-electron chi connectivity index (χ0n) is 11.0. The molecule has 0 heterocycles. The molecule has 0 spiro atoms. The van der Waals surface area contributed by atoms with Gasteiger partial charge in [0.1, 0.15) is 0 Å². The molecule has 5 nitrogen and oxygen atoms in total. The molecule has 0 aliphatic heterocycles. The van der Waals surface area contributed by atoms with Crippen LogP contribution in [0.15, 0.2) is 18.2 Å². The van der Waals surface area contributed by atoms with Gasteiger partial charge in [-0.2, -0.15) is 13.2 Å². The second kappa shape index (κ2) is 7.21. The molecule has 9 heteroatoms. The Morgan fingerprint density at radius 3 is 2.57 bits per heavy atom. The average Bonchev–Trinajstić information content (AvgIpc) is 2.36. The number of hydrogen-bond donors (Lipinski definition) is 3. The molecule has 2 amide bonds. The van der Waals surface area contributed by atoms with Crippen LogP contribution in [0.2, 0.25) is 0 Å². The van der Waals surface area contributed by atoms with Crippen molar-refractivity contribution in [3.8, 4) is 0 Å². The van der Waals surface area contributed by atoms with Crippen LogP contribution in [0.5, 0.6) is 0 Å². The molecule has 3 N–H and O–H groups in total. The summed E-state index contributed by atoms with van der Waals surface area (Å²) >= 11 is -0.229. The Morgan fingerprint density at radius 1 is 1.33 bits per heavy atom. The van der Waals surface area contributed by atoms with E-state index in [1.54, 1.807) is 0 Å². The Bertz CT molecular complexity index is 535. The smallest absolute Gasteiger partial charge is 0.441 e. The van der Waals surface area contributed by atoms with Crippen LogP contribution in [0.1, 0.15) is 15.9 Å². The van der Waals surface area contributed by atoms with Crippen molar-refractivity contribution in [3.05, 3.63) is 29.3 Å². The summed E-state index contributed by atoms with van der Waals surface area (Å²) in [5.74, 6) is -1.43. The maximum absolute atomic E-state index is 11.9. The number of amides is 2. The average molecular weight is 322 g/mol. The first-order chi connectivity index (χ1) is 9.70. The van der Waals surface area contributed by atoms with Crippen LogP contribution in [0.4, 0.5) is 23.7 Å². The van der Waals surface area contributed by atoms with E-state index in [4.69, 9.17) is 5.11 Å². The Balaban J connectivity index is 2.52. The highest BCUT2D eigenvalue weighted by molar-refractivity contribution is 8.00. The number of carboxylic acid groups (broad SMARTS) is 1. The van der Waals surface area contributed by atoms with E-state index in [0.29, 0.717) is 5.56 Å². The standard InChI is InChI=1S/C12H13F3N2O3S/c1-7-8(10(18)19)3-2-4-9(7)17-11(20)16-5-6-21-12(13,14)15/h2-4H,5-6H2,1H3,(H,18,19)(H2,16,17,20). The Morgan fingerprint density at radius 2 is 2.00 bits per heavy atom. The minimum Gasteiger partial charge on any atom is -0.478 e. The van der Waals surface area contributed by atoms with Gasteiger partial charge < -0.3 is 15.7 Å². The minimum absolute atomic E-state index is 0.0421. The second-order valence-corrected chi connectivity index (χ2v) is 5.12. The van der Waals surface area contributed by atoms with Crippen LogP contribution >= 0.6 is 11.8 Å². The van der Waals surface area contributed by atoms with E-state index >= 15 is 0 Å². The highest BCUT2D eigenvalue weighted by atomic mass is 32.2. The van der Waals surface area contributed by atoms with E-state index in [0.717, 1.165) is 0 Å². The number of carboxylic acids is 1. The van der Waals surface area contributed by atoms with Crippen LogP contribution < -0.4 is 10.6 Å². The molecule has 0 fully saturated rings. The van der Waals surface area contributed by atoms with Gasteiger partial charge in [0.05, 0.1) is 5.56 Å². The quantitative estimate of drug-likeness (QED) is 0.728. The summed E-state index contributed by atoms with van der Waals surface area (Å²) in [5.41, 5.74) is -3.63. The molecule has 1 aromatic rings. The monoisotopic (exact) mass is 322 g/mol. The van der Waals surface area contributed by atoms with Crippen molar-refractivity contribution in [1.82, 2.24) is 5.32 Å². The van der Waals surface area contributed by atoms with Crippen molar-refractivity contribution in [2.45, 2.75) is 12.4 Å². The van der Waals surface area contributed by atoms with E-state index < -0.39 is 17.5 Å². The molecule has 0 aliphatic carbocycles. The van der Waals surface area contributed by atoms with Crippen molar-refractivity contribution < 1.29 is 27.9 Å². The van der Waals surface area contributed by atoms with Gasteiger partial charge in [0, 0.05) is 18.0 Å². The summed E-state index contributed by atoms with van der Waals surface area (Å²) in [4.78, 5) is 22.4. The molecule has 116 valence electrons. The first kappa shape index (κ1) is 17.2. The summed E-state index contributed by atoms with van der Waals surface area (Å²) in [6.07, 6.45) is 0. The van der Waals surface area contributed by atoms with Crippen LogP contribution in [0.25, 0.3) is 0 Å². The number of alkyl halides is 3. The number of benzene rings is 1. The summed E-state index contributed by atoms with van der Waals surface area (Å²) in [6.45, 7) is 1.37. The zero-order valence-corrected chi connectivity index (χ0v) is 11.8. The predicted octanol–water partition coefficient (Wildman–Crippen LogP) is 3.07.